The molecule has 1 unspecified atom stereocenters. The molecule has 10 heteroatoms. The van der Waals surface area contributed by atoms with E-state index >= 15 is 0 Å². The minimum atomic E-state index is -0.258. The largest absolute Gasteiger partial charge is 0.484 e. The fourth-order valence-electron chi connectivity index (χ4n) is 3.65. The van der Waals surface area contributed by atoms with Gasteiger partial charge in [0.25, 0.3) is 11.8 Å². The molecule has 1 aromatic rings. The minimum absolute atomic E-state index is 0. The lowest BCUT2D eigenvalue weighted by atomic mass is 10.2. The highest BCUT2D eigenvalue weighted by molar-refractivity contribution is 14.0. The van der Waals surface area contributed by atoms with Crippen molar-refractivity contribution in [2.75, 3.05) is 60.5 Å². The van der Waals surface area contributed by atoms with Crippen molar-refractivity contribution in [1.82, 2.24) is 20.0 Å². The zero-order valence-corrected chi connectivity index (χ0v) is 21.4. The average molecular weight is 559 g/mol. The van der Waals surface area contributed by atoms with E-state index in [2.05, 4.69) is 15.2 Å². The Bertz CT molecular complexity index is 790. The van der Waals surface area contributed by atoms with Gasteiger partial charge in [0, 0.05) is 60.5 Å². The maximum atomic E-state index is 12.5. The zero-order chi connectivity index (χ0) is 22.2. The molecule has 2 heterocycles. The van der Waals surface area contributed by atoms with Crippen LogP contribution in [-0.2, 0) is 20.9 Å². The number of benzene rings is 1. The van der Waals surface area contributed by atoms with Crippen molar-refractivity contribution in [1.29, 1.82) is 0 Å². The van der Waals surface area contributed by atoms with Crippen LogP contribution in [0.5, 0.6) is 5.75 Å². The predicted octanol–water partition coefficient (Wildman–Crippen LogP) is 1.17. The smallest absolute Gasteiger partial charge is 0.259 e. The summed E-state index contributed by atoms with van der Waals surface area (Å²) in [5.74, 6) is 1.50. The standard InChI is InChI=1S/C22H33N5O4.HI/c1-23-22(27-11-9-26(10-12-27)21(29)19-8-5-13-30-19)24-15-17-6-4-7-18(14-17)31-16-20(28)25(2)3;/h4,6-7,14,19H,5,8-13,15-16H2,1-3H3,(H,23,24);1H. The summed E-state index contributed by atoms with van der Waals surface area (Å²) >= 11 is 0. The van der Waals surface area contributed by atoms with E-state index in [1.165, 1.54) is 4.90 Å². The van der Waals surface area contributed by atoms with E-state index < -0.39 is 0 Å². The van der Waals surface area contributed by atoms with Crippen molar-refractivity contribution in [3.63, 3.8) is 0 Å². The molecule has 0 spiro atoms. The van der Waals surface area contributed by atoms with Crippen LogP contribution in [0.2, 0.25) is 0 Å². The third kappa shape index (κ3) is 7.22. The van der Waals surface area contributed by atoms with Gasteiger partial charge in [-0.1, -0.05) is 12.1 Å². The van der Waals surface area contributed by atoms with Gasteiger partial charge in [-0.2, -0.15) is 0 Å². The number of carbonyl (C=O) groups excluding carboxylic acids is 2. The zero-order valence-electron chi connectivity index (χ0n) is 19.1. The summed E-state index contributed by atoms with van der Waals surface area (Å²) < 4.78 is 11.1. The second-order valence-corrected chi connectivity index (χ2v) is 7.94. The molecular weight excluding hydrogens is 525 g/mol. The molecule has 0 saturated carbocycles. The Kier molecular flexibility index (Phi) is 10.5. The monoisotopic (exact) mass is 559 g/mol. The van der Waals surface area contributed by atoms with Crippen LogP contribution in [0.1, 0.15) is 18.4 Å². The fraction of sp³-hybridized carbons (Fsp3) is 0.591. The van der Waals surface area contributed by atoms with Gasteiger partial charge in [-0.15, -0.1) is 24.0 Å². The number of aliphatic imine (C=N–C) groups is 1. The lowest BCUT2D eigenvalue weighted by Gasteiger charge is -2.37. The highest BCUT2D eigenvalue weighted by Crippen LogP contribution is 2.16. The molecule has 2 fully saturated rings. The first-order valence-electron chi connectivity index (χ1n) is 10.8. The molecule has 0 bridgehead atoms. The number of likely N-dealkylation sites (N-methyl/N-ethyl adjacent to an activating group) is 1. The molecule has 32 heavy (non-hydrogen) atoms. The van der Waals surface area contributed by atoms with Gasteiger partial charge in [0.15, 0.2) is 12.6 Å². The Morgan fingerprint density at radius 1 is 1.22 bits per heavy atom. The first-order chi connectivity index (χ1) is 15.0. The summed E-state index contributed by atoms with van der Waals surface area (Å²) in [4.78, 5) is 34.2. The van der Waals surface area contributed by atoms with Crippen molar-refractivity contribution in [3.8, 4) is 5.75 Å². The molecule has 1 aromatic carbocycles. The number of hydrogen-bond acceptors (Lipinski definition) is 5. The van der Waals surface area contributed by atoms with Gasteiger partial charge in [-0.3, -0.25) is 14.6 Å². The molecule has 0 radical (unpaired) electrons. The van der Waals surface area contributed by atoms with Crippen LogP contribution in [0.15, 0.2) is 29.3 Å². The number of hydrogen-bond donors (Lipinski definition) is 1. The van der Waals surface area contributed by atoms with Crippen LogP contribution in [-0.4, -0.2) is 99.1 Å². The predicted molar refractivity (Wildman–Crippen MR) is 133 cm³/mol. The molecule has 1 N–H and O–H groups in total. The van der Waals surface area contributed by atoms with Crippen LogP contribution in [0.4, 0.5) is 0 Å². The van der Waals surface area contributed by atoms with E-state index in [0.717, 1.165) is 37.5 Å². The van der Waals surface area contributed by atoms with E-state index in [9.17, 15) is 9.59 Å². The van der Waals surface area contributed by atoms with E-state index in [1.807, 2.05) is 29.2 Å². The first kappa shape index (κ1) is 26.2. The maximum Gasteiger partial charge on any atom is 0.259 e. The molecular formula is C22H34IN5O4. The minimum Gasteiger partial charge on any atom is -0.484 e. The quantitative estimate of drug-likeness (QED) is 0.320. The topological polar surface area (TPSA) is 86.7 Å². The number of carbonyl (C=O) groups is 2. The molecule has 2 saturated heterocycles. The summed E-state index contributed by atoms with van der Waals surface area (Å²) in [6.45, 7) is 4.08. The second-order valence-electron chi connectivity index (χ2n) is 7.94. The van der Waals surface area contributed by atoms with Crippen molar-refractivity contribution >= 4 is 41.8 Å². The van der Waals surface area contributed by atoms with Crippen molar-refractivity contribution in [2.24, 2.45) is 4.99 Å². The van der Waals surface area contributed by atoms with Crippen LogP contribution in [0, 0.1) is 0 Å². The number of nitrogens with zero attached hydrogens (tertiary/aromatic N) is 4. The van der Waals surface area contributed by atoms with Crippen LogP contribution >= 0.6 is 24.0 Å². The highest BCUT2D eigenvalue weighted by atomic mass is 127. The number of guanidine groups is 1. The second kappa shape index (κ2) is 12.8. The lowest BCUT2D eigenvalue weighted by molar-refractivity contribution is -0.142. The van der Waals surface area contributed by atoms with Gasteiger partial charge in [-0.25, -0.2) is 0 Å². The number of amides is 2. The average Bonchev–Trinajstić information content (AvgIpc) is 3.33. The third-order valence-corrected chi connectivity index (χ3v) is 5.52. The highest BCUT2D eigenvalue weighted by Gasteiger charge is 2.30. The van der Waals surface area contributed by atoms with E-state index in [-0.39, 0.29) is 48.5 Å². The lowest BCUT2D eigenvalue weighted by Crippen LogP contribution is -2.55. The number of halogens is 1. The van der Waals surface area contributed by atoms with Crippen LogP contribution in [0.3, 0.4) is 0 Å². The molecule has 3 rings (SSSR count). The molecule has 2 aliphatic rings. The number of nitrogens with one attached hydrogen (secondary N) is 1. The number of rotatable bonds is 6. The third-order valence-electron chi connectivity index (χ3n) is 5.52. The van der Waals surface area contributed by atoms with Crippen molar-refractivity contribution in [2.45, 2.75) is 25.5 Å². The maximum absolute atomic E-state index is 12.5. The fourth-order valence-corrected chi connectivity index (χ4v) is 3.65. The molecule has 0 aromatic heterocycles. The van der Waals surface area contributed by atoms with E-state index in [4.69, 9.17) is 9.47 Å². The molecule has 2 amide bonds. The van der Waals surface area contributed by atoms with Crippen molar-refractivity contribution in [3.05, 3.63) is 29.8 Å². The van der Waals surface area contributed by atoms with Gasteiger partial charge >= 0.3 is 0 Å². The van der Waals surface area contributed by atoms with Crippen molar-refractivity contribution < 1.29 is 19.1 Å². The van der Waals surface area contributed by atoms with Crippen LogP contribution < -0.4 is 10.1 Å². The Hall–Kier alpha value is -2.08. The number of piperazine rings is 1. The Balaban J connectivity index is 0.00000363. The van der Waals surface area contributed by atoms with E-state index in [1.54, 1.807) is 21.1 Å². The van der Waals surface area contributed by atoms with Gasteiger partial charge in [0.1, 0.15) is 11.9 Å². The molecule has 0 aliphatic carbocycles. The summed E-state index contributed by atoms with van der Waals surface area (Å²) in [6.07, 6.45) is 1.53. The Labute approximate surface area is 207 Å². The Morgan fingerprint density at radius 2 is 1.94 bits per heavy atom. The molecule has 178 valence electrons. The normalized spacial score (nSPS) is 18.7. The van der Waals surface area contributed by atoms with Gasteiger partial charge in [0.2, 0.25) is 0 Å². The Morgan fingerprint density at radius 3 is 2.56 bits per heavy atom. The SMILES string of the molecule is CN=C(NCc1cccc(OCC(=O)N(C)C)c1)N1CCN(C(=O)C2CCCO2)CC1.I. The summed E-state index contributed by atoms with van der Waals surface area (Å²) in [7, 11) is 5.17. The molecule has 1 atom stereocenters. The summed E-state index contributed by atoms with van der Waals surface area (Å²) in [5, 5.41) is 3.38. The van der Waals surface area contributed by atoms with E-state index in [0.29, 0.717) is 32.0 Å². The van der Waals surface area contributed by atoms with Gasteiger partial charge < -0.3 is 29.5 Å². The van der Waals surface area contributed by atoms with Gasteiger partial charge in [-0.05, 0) is 30.5 Å². The van der Waals surface area contributed by atoms with Crippen LogP contribution in [0.25, 0.3) is 0 Å². The number of ether oxygens (including phenoxy) is 2. The van der Waals surface area contributed by atoms with Gasteiger partial charge in [0.05, 0.1) is 0 Å². The molecule has 2 aliphatic heterocycles. The summed E-state index contributed by atoms with van der Waals surface area (Å²) in [6, 6.07) is 7.66. The molecule has 9 nitrogen and oxygen atoms in total. The summed E-state index contributed by atoms with van der Waals surface area (Å²) in [5.41, 5.74) is 1.03. The first-order valence-corrected chi connectivity index (χ1v) is 10.8.